The summed E-state index contributed by atoms with van der Waals surface area (Å²) in [5, 5.41) is 10.9. The van der Waals surface area contributed by atoms with Gasteiger partial charge in [-0.05, 0) is 43.4 Å². The van der Waals surface area contributed by atoms with Crippen LogP contribution in [0.25, 0.3) is 11.3 Å². The Morgan fingerprint density at radius 1 is 1.33 bits per heavy atom. The molecule has 45 heavy (non-hydrogen) atoms. The lowest BCUT2D eigenvalue weighted by atomic mass is 10.0. The molecule has 0 aliphatic carbocycles. The Morgan fingerprint density at radius 3 is 2.84 bits per heavy atom. The number of aromatic nitrogens is 2. The van der Waals surface area contributed by atoms with Crippen molar-refractivity contribution in [1.82, 2.24) is 30.1 Å². The van der Waals surface area contributed by atoms with Gasteiger partial charge in [-0.25, -0.2) is 16.3 Å². The zero-order chi connectivity index (χ0) is 31.5. The average molecular weight is 643 g/mol. The quantitative estimate of drug-likeness (QED) is 0.162. The van der Waals surface area contributed by atoms with Crippen molar-refractivity contribution < 1.29 is 23.0 Å². The first-order valence-electron chi connectivity index (χ1n) is 14.6. The van der Waals surface area contributed by atoms with Crippen LogP contribution >= 0.6 is 11.8 Å². The molecule has 1 amide bonds. The first-order chi connectivity index (χ1) is 21.8. The monoisotopic (exact) mass is 642 g/mol. The molecular weight excluding hydrogens is 606 g/mol. The van der Waals surface area contributed by atoms with E-state index in [1.165, 1.54) is 17.8 Å². The zero-order valence-corrected chi connectivity index (χ0v) is 25.6. The van der Waals surface area contributed by atoms with Crippen LogP contribution in [0.5, 0.6) is 5.75 Å². The minimum atomic E-state index is -3.05. The van der Waals surface area contributed by atoms with Gasteiger partial charge in [-0.3, -0.25) is 19.4 Å². The Balaban J connectivity index is 1.25. The number of nitrogens with zero attached hydrogens (tertiary/aromatic N) is 6. The number of thioether (sulfide) groups is 1. The molecule has 5 heterocycles. The van der Waals surface area contributed by atoms with Gasteiger partial charge in [-0.1, -0.05) is 0 Å². The van der Waals surface area contributed by atoms with Crippen molar-refractivity contribution in [3.63, 3.8) is 0 Å². The third-order valence-corrected chi connectivity index (χ3v) is 8.83. The number of amides is 1. The van der Waals surface area contributed by atoms with E-state index >= 15 is 0 Å². The smallest absolute Gasteiger partial charge is 0.387 e. The number of anilines is 1. The number of aliphatic imine (C=N–C) groups is 1. The fourth-order valence-corrected chi connectivity index (χ4v) is 6.11. The highest BCUT2D eigenvalue weighted by Crippen LogP contribution is 2.38. The van der Waals surface area contributed by atoms with E-state index in [9.17, 15) is 13.6 Å². The van der Waals surface area contributed by atoms with Gasteiger partial charge in [0.1, 0.15) is 11.4 Å². The number of rotatable bonds is 11. The lowest BCUT2D eigenvalue weighted by molar-refractivity contribution is -0.112. The van der Waals surface area contributed by atoms with Crippen molar-refractivity contribution in [2.45, 2.75) is 43.0 Å². The van der Waals surface area contributed by atoms with Gasteiger partial charge in [-0.15, -0.1) is 11.8 Å². The summed E-state index contributed by atoms with van der Waals surface area (Å²) >= 11 is 1.44. The van der Waals surface area contributed by atoms with E-state index < -0.39 is 12.5 Å². The molecule has 0 saturated carbocycles. The molecule has 2 saturated heterocycles. The molecule has 6 N–H and O–H groups in total. The summed E-state index contributed by atoms with van der Waals surface area (Å²) < 4.78 is 38.5. The molecule has 4 aliphatic rings. The Labute approximate surface area is 263 Å². The van der Waals surface area contributed by atoms with Crippen LogP contribution in [-0.4, -0.2) is 94.6 Å². The number of likely N-dealkylation sites (tertiary alicyclic amines) is 1. The van der Waals surface area contributed by atoms with Crippen LogP contribution < -0.4 is 27.1 Å². The van der Waals surface area contributed by atoms with Gasteiger partial charge < -0.3 is 25.5 Å². The first-order valence-corrected chi connectivity index (χ1v) is 15.8. The second-order valence-corrected chi connectivity index (χ2v) is 11.9. The summed E-state index contributed by atoms with van der Waals surface area (Å²) in [4.78, 5) is 21.0. The molecule has 0 atom stereocenters. The molecule has 0 bridgehead atoms. The standard InChI is InChI=1S/C29H36F2N10O3S/c1-45-21-3-4-25(44-29(30)31)22(11-21)26-24(36-28(42)23-12-35-41-8-2-7-34-27(23)41)15-39(37-26)13-18(32)14-40(33)19-5-9-38(10-6-19)20-16-43-17-20/h2-4,7-8,11,14-15,19-20,29,35H,5-6,9-10,12-13,16-17,32-33H2,1H3,(H,36,42)/b18-14-. The number of nitrogens with two attached hydrogens (primary N) is 2. The highest BCUT2D eigenvalue weighted by atomic mass is 32.2. The molecule has 13 nitrogen and oxygen atoms in total. The van der Waals surface area contributed by atoms with Crippen LogP contribution in [-0.2, 0) is 16.1 Å². The van der Waals surface area contributed by atoms with Gasteiger partial charge in [0.05, 0.1) is 37.1 Å². The van der Waals surface area contributed by atoms with E-state index in [1.807, 2.05) is 6.26 Å². The van der Waals surface area contributed by atoms with E-state index in [0.717, 1.165) is 44.0 Å². The summed E-state index contributed by atoms with van der Waals surface area (Å²) in [6.07, 6.45) is 12.1. The van der Waals surface area contributed by atoms with Gasteiger partial charge >= 0.3 is 6.61 Å². The molecular formula is C29H36F2N10O3S. The molecule has 4 aliphatic heterocycles. The number of alkyl halides is 2. The molecule has 2 fully saturated rings. The first kappa shape index (κ1) is 31.0. The Kier molecular flexibility index (Phi) is 9.37. The predicted molar refractivity (Wildman–Crippen MR) is 167 cm³/mol. The van der Waals surface area contributed by atoms with E-state index in [2.05, 4.69) is 25.7 Å². The number of allylic oxidation sites excluding steroid dienone is 2. The summed E-state index contributed by atoms with van der Waals surface area (Å²) in [6, 6.07) is 5.48. The summed E-state index contributed by atoms with van der Waals surface area (Å²) in [7, 11) is 0. The van der Waals surface area contributed by atoms with Crippen LogP contribution in [0.2, 0.25) is 0 Å². The van der Waals surface area contributed by atoms with Crippen LogP contribution in [0.15, 0.2) is 69.9 Å². The minimum absolute atomic E-state index is 0.0715. The highest BCUT2D eigenvalue weighted by molar-refractivity contribution is 7.98. The van der Waals surface area contributed by atoms with Gasteiger partial charge in [0.15, 0.2) is 5.82 Å². The SMILES string of the molecule is CSc1ccc(OC(F)F)c(-c2nn(C/C(N)=C/N(N)C3CCN(C4COC4)CC3)cc2NC(=O)C2=C3N=CC=CN3NC2)c1. The predicted octanol–water partition coefficient (Wildman–Crippen LogP) is 2.28. The Morgan fingerprint density at radius 2 is 2.13 bits per heavy atom. The lowest BCUT2D eigenvalue weighted by Crippen LogP contribution is -2.54. The van der Waals surface area contributed by atoms with Gasteiger partial charge in [0.25, 0.3) is 5.91 Å². The number of benzene rings is 1. The number of piperidine rings is 1. The minimum Gasteiger partial charge on any atom is -0.434 e. The average Bonchev–Trinajstić information content (AvgIpc) is 3.60. The van der Waals surface area contributed by atoms with E-state index in [-0.39, 0.29) is 30.6 Å². The third-order valence-electron chi connectivity index (χ3n) is 8.10. The second kappa shape index (κ2) is 13.6. The van der Waals surface area contributed by atoms with E-state index in [1.54, 1.807) is 57.7 Å². The van der Waals surface area contributed by atoms with Gasteiger partial charge in [-0.2, -0.15) is 13.9 Å². The van der Waals surface area contributed by atoms with Crippen molar-refractivity contribution in [3.8, 4) is 17.0 Å². The fourth-order valence-electron chi connectivity index (χ4n) is 5.67. The maximum absolute atomic E-state index is 13.5. The van der Waals surface area contributed by atoms with Crippen molar-refractivity contribution in [2.24, 2.45) is 16.6 Å². The summed E-state index contributed by atoms with van der Waals surface area (Å²) in [5.74, 6) is 6.39. The topological polar surface area (TPSA) is 152 Å². The Hall–Kier alpha value is -3.96. The summed E-state index contributed by atoms with van der Waals surface area (Å²) in [6.45, 7) is 0.799. The molecule has 0 radical (unpaired) electrons. The molecule has 0 unspecified atom stereocenters. The van der Waals surface area contributed by atoms with Crippen molar-refractivity contribution in [2.75, 3.05) is 44.4 Å². The summed E-state index contributed by atoms with van der Waals surface area (Å²) in [5.41, 5.74) is 11.2. The van der Waals surface area contributed by atoms with Gasteiger partial charge in [0.2, 0.25) is 0 Å². The fraction of sp³-hybridized carbons (Fsp3) is 0.414. The third kappa shape index (κ3) is 6.99. The van der Waals surface area contributed by atoms with E-state index in [0.29, 0.717) is 34.4 Å². The Bertz CT molecular complexity index is 1530. The lowest BCUT2D eigenvalue weighted by Gasteiger charge is -2.42. The number of nitrogens with one attached hydrogen (secondary N) is 2. The molecule has 1 aromatic heterocycles. The van der Waals surface area contributed by atoms with Crippen LogP contribution in [0, 0.1) is 0 Å². The molecule has 16 heteroatoms. The maximum Gasteiger partial charge on any atom is 0.387 e. The highest BCUT2D eigenvalue weighted by Gasteiger charge is 2.31. The molecule has 6 rings (SSSR count). The van der Waals surface area contributed by atoms with Crippen molar-refractivity contribution in [1.29, 1.82) is 0 Å². The van der Waals surface area contributed by atoms with Gasteiger partial charge in [0, 0.05) is 66.6 Å². The number of carbonyl (C=O) groups excluding carboxylic acids is 1. The van der Waals surface area contributed by atoms with E-state index in [4.69, 9.17) is 21.1 Å². The number of hydrogen-bond acceptors (Lipinski definition) is 12. The van der Waals surface area contributed by atoms with Crippen molar-refractivity contribution >= 4 is 29.6 Å². The van der Waals surface area contributed by atoms with Crippen LogP contribution in [0.3, 0.4) is 0 Å². The number of ether oxygens (including phenoxy) is 2. The maximum atomic E-state index is 13.5. The molecule has 1 aromatic carbocycles. The number of carbonyl (C=O) groups is 1. The van der Waals surface area contributed by atoms with Crippen molar-refractivity contribution in [3.05, 3.63) is 60.0 Å². The van der Waals surface area contributed by atoms with Crippen LogP contribution in [0.4, 0.5) is 14.5 Å². The molecule has 0 spiro atoms. The number of hydrazine groups is 2. The van der Waals surface area contributed by atoms with Crippen LogP contribution in [0.1, 0.15) is 12.8 Å². The molecule has 240 valence electrons. The zero-order valence-electron chi connectivity index (χ0n) is 24.7. The number of halogens is 2. The second-order valence-electron chi connectivity index (χ2n) is 11.0. The molecule has 2 aromatic rings. The normalized spacial score (nSPS) is 19.3. The number of hydrogen-bond donors (Lipinski definition) is 4. The largest absolute Gasteiger partial charge is 0.434 e. The number of fused-ring (bicyclic) bond motifs is 1.